The summed E-state index contributed by atoms with van der Waals surface area (Å²) in [4.78, 5) is 25.5. The summed E-state index contributed by atoms with van der Waals surface area (Å²) >= 11 is 9.02. The van der Waals surface area contributed by atoms with Crippen LogP contribution in [0.2, 0.25) is 0 Å². The highest BCUT2D eigenvalue weighted by Gasteiger charge is 2.59. The molecule has 2 aliphatic heterocycles. The number of rotatable bonds is 2. The van der Waals surface area contributed by atoms with Gasteiger partial charge in [0.05, 0.1) is 11.4 Å². The van der Waals surface area contributed by atoms with E-state index in [1.54, 1.807) is 20.8 Å². The third-order valence-corrected chi connectivity index (χ3v) is 6.58. The molecule has 1 fully saturated rings. The molecule has 20 heavy (non-hydrogen) atoms. The van der Waals surface area contributed by atoms with Crippen LogP contribution in [0.25, 0.3) is 0 Å². The number of fused-ring (bicyclic) bond motifs is 1. The third kappa shape index (κ3) is 2.23. The van der Waals surface area contributed by atoms with Crippen molar-refractivity contribution < 1.29 is 18.0 Å². The summed E-state index contributed by atoms with van der Waals surface area (Å²) in [5.41, 5.74) is -0.0966. The molecule has 2 heterocycles. The third-order valence-electron chi connectivity index (χ3n) is 3.35. The fourth-order valence-electron chi connectivity index (χ4n) is 2.30. The summed E-state index contributed by atoms with van der Waals surface area (Å²) in [6.07, 6.45) is 0. The highest BCUT2D eigenvalue weighted by Crippen LogP contribution is 2.41. The molecule has 0 aromatic rings. The number of hydrogen-bond acceptors (Lipinski definition) is 4. The van der Waals surface area contributed by atoms with E-state index in [0.29, 0.717) is 5.57 Å². The van der Waals surface area contributed by atoms with Crippen molar-refractivity contribution >= 4 is 49.1 Å². The molecule has 2 atom stereocenters. The van der Waals surface area contributed by atoms with Gasteiger partial charge in [0.2, 0.25) is 5.91 Å². The first-order valence-electron chi connectivity index (χ1n) is 6.04. The maximum Gasteiger partial charge on any atom is 0.249 e. The number of carbonyl (C=O) groups is 2. The normalized spacial score (nSPS) is 29.1. The van der Waals surface area contributed by atoms with Gasteiger partial charge in [-0.15, -0.1) is 11.6 Å². The first-order valence-corrected chi connectivity index (χ1v) is 9.31. The SMILES string of the molecule is CC(C)(C)C(=O)C1=C(CBr)CS(=O)(=O)[C@H]2[C@@H](Cl)C(=O)N12. The summed E-state index contributed by atoms with van der Waals surface area (Å²) in [6, 6.07) is 0. The zero-order valence-corrected chi connectivity index (χ0v) is 14.5. The monoisotopic (exact) mass is 383 g/mol. The highest BCUT2D eigenvalue weighted by atomic mass is 79.9. The van der Waals surface area contributed by atoms with E-state index in [9.17, 15) is 18.0 Å². The second-order valence-corrected chi connectivity index (χ2v) is 9.10. The number of Topliss-reactive ketones (excluding diaryl/α,β-unsaturated/α-hetero) is 1. The second-order valence-electron chi connectivity index (χ2n) is 5.97. The van der Waals surface area contributed by atoms with Crippen LogP contribution in [0.5, 0.6) is 0 Å². The van der Waals surface area contributed by atoms with Crippen LogP contribution in [0.4, 0.5) is 0 Å². The highest BCUT2D eigenvalue weighted by molar-refractivity contribution is 9.09. The Kier molecular flexibility index (Phi) is 3.85. The summed E-state index contributed by atoms with van der Waals surface area (Å²) in [6.45, 7) is 5.19. The summed E-state index contributed by atoms with van der Waals surface area (Å²) < 4.78 is 24.3. The first kappa shape index (κ1) is 16.0. The standard InChI is InChI=1S/C12H15BrClNO4S/c1-12(2,3)9(16)8-6(4-13)5-20(18,19)11-7(14)10(17)15(8)11/h7,11H,4-5H2,1-3H3/t7-,11-/m0/s1. The quantitative estimate of drug-likeness (QED) is 0.534. The number of β-lactam (4-membered cyclic amide) rings is 1. The number of alkyl halides is 2. The fraction of sp³-hybridized carbons (Fsp3) is 0.667. The molecule has 0 aromatic carbocycles. The lowest BCUT2D eigenvalue weighted by Crippen LogP contribution is -2.68. The van der Waals surface area contributed by atoms with Crippen LogP contribution in [0, 0.1) is 5.41 Å². The molecule has 2 aliphatic rings. The smallest absolute Gasteiger partial charge is 0.249 e. The Balaban J connectivity index is 2.60. The van der Waals surface area contributed by atoms with Crippen molar-refractivity contribution in [2.75, 3.05) is 11.1 Å². The van der Waals surface area contributed by atoms with Crippen LogP contribution in [0.3, 0.4) is 0 Å². The summed E-state index contributed by atoms with van der Waals surface area (Å²) in [7, 11) is -3.55. The van der Waals surface area contributed by atoms with E-state index in [0.717, 1.165) is 4.90 Å². The Bertz CT molecular complexity index is 620. The minimum atomic E-state index is -3.55. The van der Waals surface area contributed by atoms with Gasteiger partial charge in [-0.1, -0.05) is 36.7 Å². The van der Waals surface area contributed by atoms with Gasteiger partial charge in [-0.3, -0.25) is 14.5 Å². The molecule has 0 saturated carbocycles. The topological polar surface area (TPSA) is 71.5 Å². The molecular formula is C12H15BrClNO4S. The Hall–Kier alpha value is -0.400. The maximum atomic E-state index is 12.5. The van der Waals surface area contributed by atoms with E-state index in [1.165, 1.54) is 0 Å². The average Bonchev–Trinajstić information content (AvgIpc) is 2.33. The summed E-state index contributed by atoms with van der Waals surface area (Å²) in [5, 5.41) is -1.98. The lowest BCUT2D eigenvalue weighted by atomic mass is 9.86. The molecule has 8 heteroatoms. The Morgan fingerprint density at radius 3 is 2.45 bits per heavy atom. The average molecular weight is 385 g/mol. The van der Waals surface area contributed by atoms with Crippen LogP contribution in [-0.2, 0) is 19.4 Å². The number of hydrogen-bond donors (Lipinski definition) is 0. The van der Waals surface area contributed by atoms with Crippen molar-refractivity contribution in [3.05, 3.63) is 11.3 Å². The van der Waals surface area contributed by atoms with Gasteiger partial charge >= 0.3 is 0 Å². The lowest BCUT2D eigenvalue weighted by Gasteiger charge is -2.48. The van der Waals surface area contributed by atoms with Crippen LogP contribution in [0.15, 0.2) is 11.3 Å². The molecule has 0 unspecified atom stereocenters. The zero-order chi connectivity index (χ0) is 15.5. The van der Waals surface area contributed by atoms with Crippen LogP contribution >= 0.6 is 27.5 Å². The van der Waals surface area contributed by atoms with E-state index in [1.807, 2.05) is 0 Å². The minimum Gasteiger partial charge on any atom is -0.292 e. The number of ketones is 1. The van der Waals surface area contributed by atoms with Crippen LogP contribution in [-0.4, -0.2) is 46.8 Å². The number of halogens is 2. The van der Waals surface area contributed by atoms with E-state index in [-0.39, 0.29) is 22.6 Å². The first-order chi connectivity index (χ1) is 9.02. The van der Waals surface area contributed by atoms with Gasteiger partial charge in [-0.2, -0.15) is 0 Å². The molecule has 0 radical (unpaired) electrons. The molecule has 5 nitrogen and oxygen atoms in total. The molecular weight excluding hydrogens is 370 g/mol. The van der Waals surface area contributed by atoms with Crippen molar-refractivity contribution in [2.45, 2.75) is 31.5 Å². The predicted octanol–water partition coefficient (Wildman–Crippen LogP) is 1.45. The van der Waals surface area contributed by atoms with E-state index < -0.39 is 31.9 Å². The molecule has 0 bridgehead atoms. The predicted molar refractivity (Wildman–Crippen MR) is 79.3 cm³/mol. The molecule has 0 spiro atoms. The van der Waals surface area contributed by atoms with Crippen LogP contribution in [0.1, 0.15) is 20.8 Å². The molecule has 0 N–H and O–H groups in total. The Labute approximate surface area is 131 Å². The Morgan fingerprint density at radius 1 is 1.45 bits per heavy atom. The van der Waals surface area contributed by atoms with E-state index >= 15 is 0 Å². The van der Waals surface area contributed by atoms with Gasteiger partial charge in [-0.25, -0.2) is 8.42 Å². The molecule has 2 rings (SSSR count). The van der Waals surface area contributed by atoms with Gasteiger partial charge in [0.15, 0.2) is 21.0 Å². The van der Waals surface area contributed by atoms with Gasteiger partial charge in [0.1, 0.15) is 5.38 Å². The van der Waals surface area contributed by atoms with Gasteiger partial charge in [-0.05, 0) is 5.57 Å². The largest absolute Gasteiger partial charge is 0.292 e. The van der Waals surface area contributed by atoms with E-state index in [4.69, 9.17) is 11.6 Å². The number of amides is 1. The molecule has 0 aliphatic carbocycles. The Morgan fingerprint density at radius 2 is 2.00 bits per heavy atom. The number of nitrogens with zero attached hydrogens (tertiary/aromatic N) is 1. The van der Waals surface area contributed by atoms with Crippen molar-refractivity contribution in [3.63, 3.8) is 0 Å². The molecule has 1 amide bonds. The van der Waals surface area contributed by atoms with Crippen molar-refractivity contribution in [3.8, 4) is 0 Å². The minimum absolute atomic E-state index is 0.191. The number of sulfone groups is 1. The fourth-order valence-corrected chi connectivity index (χ4v) is 5.62. The maximum absolute atomic E-state index is 12.5. The second kappa shape index (κ2) is 4.81. The van der Waals surface area contributed by atoms with Crippen molar-refractivity contribution in [1.29, 1.82) is 0 Å². The summed E-state index contributed by atoms with van der Waals surface area (Å²) in [5.74, 6) is -1.01. The van der Waals surface area contributed by atoms with Crippen molar-refractivity contribution in [2.24, 2.45) is 5.41 Å². The van der Waals surface area contributed by atoms with Crippen molar-refractivity contribution in [1.82, 2.24) is 4.90 Å². The van der Waals surface area contributed by atoms with Gasteiger partial charge in [0.25, 0.3) is 0 Å². The number of carbonyl (C=O) groups excluding carboxylic acids is 2. The van der Waals surface area contributed by atoms with E-state index in [2.05, 4.69) is 15.9 Å². The molecule has 112 valence electrons. The molecule has 0 aromatic heterocycles. The molecule has 1 saturated heterocycles. The number of allylic oxidation sites excluding steroid dienone is 1. The van der Waals surface area contributed by atoms with Crippen LogP contribution < -0.4 is 0 Å². The van der Waals surface area contributed by atoms with Gasteiger partial charge in [0, 0.05) is 10.7 Å². The van der Waals surface area contributed by atoms with Gasteiger partial charge < -0.3 is 0 Å². The lowest BCUT2D eigenvalue weighted by molar-refractivity contribution is -0.142. The zero-order valence-electron chi connectivity index (χ0n) is 11.3.